The molecule has 1 aliphatic rings. The Morgan fingerprint density at radius 2 is 1.75 bits per heavy atom. The van der Waals surface area contributed by atoms with Gasteiger partial charge in [-0.25, -0.2) is 0 Å². The molecule has 0 saturated carbocycles. The van der Waals surface area contributed by atoms with Crippen molar-refractivity contribution in [3.05, 3.63) is 59.9 Å². The molecule has 2 aromatic carbocycles. The molecule has 1 atom stereocenters. The number of furan rings is 1. The van der Waals surface area contributed by atoms with E-state index in [-0.39, 0.29) is 29.8 Å². The molecule has 0 N–H and O–H groups in total. The first-order valence-electron chi connectivity index (χ1n) is 10.8. The lowest BCUT2D eigenvalue weighted by Crippen LogP contribution is -2.11. The highest BCUT2D eigenvalue weighted by molar-refractivity contribution is 6.06. The molecule has 0 saturated heterocycles. The van der Waals surface area contributed by atoms with Gasteiger partial charge in [0.15, 0.2) is 28.9 Å². The minimum Gasteiger partial charge on any atom is -0.486 e. The smallest absolute Gasteiger partial charge is 0.305 e. The summed E-state index contributed by atoms with van der Waals surface area (Å²) in [6, 6.07) is 5.71. The Bertz CT molecular complexity index is 1180. The van der Waals surface area contributed by atoms with Crippen molar-refractivity contribution in [3.63, 3.8) is 0 Å². The number of hydrogen-bond donors (Lipinski definition) is 0. The zero-order chi connectivity index (χ0) is 22.7. The normalized spacial score (nSPS) is 16.3. The van der Waals surface area contributed by atoms with E-state index in [1.807, 2.05) is 0 Å². The summed E-state index contributed by atoms with van der Waals surface area (Å²) in [5.41, 5.74) is 0.718. The molecule has 1 aromatic heterocycles. The van der Waals surface area contributed by atoms with Crippen molar-refractivity contribution in [3.8, 4) is 11.5 Å². The maximum Gasteiger partial charge on any atom is 0.305 e. The van der Waals surface area contributed by atoms with Gasteiger partial charge in [0, 0.05) is 10.8 Å². The van der Waals surface area contributed by atoms with Gasteiger partial charge >= 0.3 is 6.08 Å². The monoisotopic (exact) mass is 448 g/mol. The average molecular weight is 448 g/mol. The quantitative estimate of drug-likeness (QED) is 0.197. The molecule has 0 aliphatic heterocycles. The number of benzene rings is 2. The van der Waals surface area contributed by atoms with Crippen molar-refractivity contribution >= 4 is 21.9 Å². The SMILES string of the molecule is CCCCC1CC=C(COc2ccc3c(oc4c(F)c(OC=C(F)F)ccc43)c2F)CC1. The Hall–Kier alpha value is -2.96. The van der Waals surface area contributed by atoms with Crippen LogP contribution in [0.5, 0.6) is 11.5 Å². The number of halogens is 4. The summed E-state index contributed by atoms with van der Waals surface area (Å²) in [6.45, 7) is 2.48. The molecule has 0 bridgehead atoms. The molecule has 0 fully saturated rings. The first-order chi connectivity index (χ1) is 15.5. The second-order valence-electron chi connectivity index (χ2n) is 8.07. The molecule has 0 radical (unpaired) electrons. The van der Waals surface area contributed by atoms with Crippen LogP contribution in [-0.4, -0.2) is 6.61 Å². The maximum absolute atomic E-state index is 15.0. The van der Waals surface area contributed by atoms with E-state index in [4.69, 9.17) is 9.15 Å². The third-order valence-electron chi connectivity index (χ3n) is 5.89. The Labute approximate surface area is 183 Å². The van der Waals surface area contributed by atoms with Crippen molar-refractivity contribution in [1.29, 1.82) is 0 Å². The summed E-state index contributed by atoms with van der Waals surface area (Å²) in [5, 5.41) is 0.672. The lowest BCUT2D eigenvalue weighted by atomic mass is 9.86. The van der Waals surface area contributed by atoms with Crippen LogP contribution in [0.3, 0.4) is 0 Å². The number of hydrogen-bond acceptors (Lipinski definition) is 3. The van der Waals surface area contributed by atoms with Gasteiger partial charge in [0.25, 0.3) is 0 Å². The van der Waals surface area contributed by atoms with Gasteiger partial charge in [-0.3, -0.25) is 0 Å². The predicted molar refractivity (Wildman–Crippen MR) is 115 cm³/mol. The molecule has 170 valence electrons. The molecule has 0 amide bonds. The van der Waals surface area contributed by atoms with E-state index in [0.29, 0.717) is 16.7 Å². The van der Waals surface area contributed by atoms with Crippen LogP contribution < -0.4 is 9.47 Å². The second-order valence-corrected chi connectivity index (χ2v) is 8.07. The van der Waals surface area contributed by atoms with Crippen molar-refractivity contribution in [2.45, 2.75) is 45.4 Å². The van der Waals surface area contributed by atoms with Gasteiger partial charge in [0.2, 0.25) is 11.6 Å². The van der Waals surface area contributed by atoms with E-state index in [0.717, 1.165) is 24.8 Å². The molecule has 0 spiro atoms. The van der Waals surface area contributed by atoms with Crippen molar-refractivity contribution < 1.29 is 31.5 Å². The molecular formula is C25H24F4O3. The highest BCUT2D eigenvalue weighted by Gasteiger charge is 2.21. The number of rotatable bonds is 8. The van der Waals surface area contributed by atoms with E-state index in [9.17, 15) is 13.2 Å². The van der Waals surface area contributed by atoms with Crippen LogP contribution in [0.1, 0.15) is 45.4 Å². The number of ether oxygens (including phenoxy) is 2. The van der Waals surface area contributed by atoms with Gasteiger partial charge in [0.05, 0.1) is 0 Å². The summed E-state index contributed by atoms with van der Waals surface area (Å²) in [6.07, 6.45) is 6.96. The van der Waals surface area contributed by atoms with Gasteiger partial charge < -0.3 is 13.9 Å². The molecule has 1 heterocycles. The zero-order valence-electron chi connectivity index (χ0n) is 17.7. The molecule has 32 heavy (non-hydrogen) atoms. The molecule has 1 aliphatic carbocycles. The third-order valence-corrected chi connectivity index (χ3v) is 5.89. The van der Waals surface area contributed by atoms with Gasteiger partial charge in [-0.05, 0) is 55.0 Å². The fourth-order valence-corrected chi connectivity index (χ4v) is 4.11. The number of allylic oxidation sites excluding steroid dienone is 1. The largest absolute Gasteiger partial charge is 0.486 e. The van der Waals surface area contributed by atoms with Crippen LogP contribution >= 0.6 is 0 Å². The van der Waals surface area contributed by atoms with Crippen LogP contribution in [0.25, 0.3) is 21.9 Å². The van der Waals surface area contributed by atoms with Crippen molar-refractivity contribution in [1.82, 2.24) is 0 Å². The first-order valence-corrected chi connectivity index (χ1v) is 10.8. The second kappa shape index (κ2) is 9.67. The standard InChI is InChI=1S/C25H24F4O3/c1-2-3-4-15-5-7-16(8-6-15)13-30-19-11-9-17-18-10-12-20(31-14-21(26)27)23(29)25(18)32-24(17)22(19)28/h7,9-12,14-15H,2-6,8,13H2,1H3. The highest BCUT2D eigenvalue weighted by Crippen LogP contribution is 2.38. The summed E-state index contributed by atoms with van der Waals surface area (Å²) in [5.74, 6) is -1.42. The Morgan fingerprint density at radius 1 is 1.06 bits per heavy atom. The van der Waals surface area contributed by atoms with Gasteiger partial charge in [-0.15, -0.1) is 0 Å². The zero-order valence-corrected chi connectivity index (χ0v) is 17.7. The van der Waals surface area contributed by atoms with Gasteiger partial charge in [0.1, 0.15) is 6.61 Å². The van der Waals surface area contributed by atoms with E-state index in [2.05, 4.69) is 17.7 Å². The highest BCUT2D eigenvalue weighted by atomic mass is 19.3. The van der Waals surface area contributed by atoms with Crippen LogP contribution in [-0.2, 0) is 0 Å². The van der Waals surface area contributed by atoms with Crippen LogP contribution in [0.2, 0.25) is 0 Å². The third kappa shape index (κ3) is 4.61. The molecular weight excluding hydrogens is 424 g/mol. The number of fused-ring (bicyclic) bond motifs is 3. The average Bonchev–Trinajstić information content (AvgIpc) is 3.18. The summed E-state index contributed by atoms with van der Waals surface area (Å²) >= 11 is 0. The van der Waals surface area contributed by atoms with E-state index < -0.39 is 23.5 Å². The minimum absolute atomic E-state index is 0.0184. The molecule has 3 nitrogen and oxygen atoms in total. The van der Waals surface area contributed by atoms with Crippen LogP contribution in [0, 0.1) is 17.6 Å². The number of unbranched alkanes of at least 4 members (excludes halogenated alkanes) is 1. The molecule has 3 aromatic rings. The Balaban J connectivity index is 1.53. The topological polar surface area (TPSA) is 31.6 Å². The molecule has 7 heteroatoms. The Kier molecular flexibility index (Phi) is 6.72. The predicted octanol–water partition coefficient (Wildman–Crippen LogP) is 8.28. The summed E-state index contributed by atoms with van der Waals surface area (Å²) in [7, 11) is 0. The van der Waals surface area contributed by atoms with Crippen molar-refractivity contribution in [2.24, 2.45) is 5.92 Å². The van der Waals surface area contributed by atoms with Crippen LogP contribution in [0.15, 0.2) is 52.7 Å². The molecule has 4 rings (SSSR count). The molecule has 1 unspecified atom stereocenters. The summed E-state index contributed by atoms with van der Waals surface area (Å²) in [4.78, 5) is 0. The van der Waals surface area contributed by atoms with E-state index in [1.54, 1.807) is 6.07 Å². The maximum atomic E-state index is 15.0. The van der Waals surface area contributed by atoms with Gasteiger partial charge in [-0.1, -0.05) is 32.3 Å². The fourth-order valence-electron chi connectivity index (χ4n) is 4.11. The van der Waals surface area contributed by atoms with E-state index in [1.165, 1.54) is 37.5 Å². The lowest BCUT2D eigenvalue weighted by molar-refractivity contribution is 0.316. The van der Waals surface area contributed by atoms with E-state index >= 15 is 4.39 Å². The van der Waals surface area contributed by atoms with Crippen molar-refractivity contribution in [2.75, 3.05) is 6.61 Å². The first kappa shape index (κ1) is 22.2. The van der Waals surface area contributed by atoms with Crippen LogP contribution in [0.4, 0.5) is 17.6 Å². The Morgan fingerprint density at radius 3 is 2.38 bits per heavy atom. The minimum atomic E-state index is -2.11. The fraction of sp³-hybridized carbons (Fsp3) is 0.360. The van der Waals surface area contributed by atoms with Gasteiger partial charge in [-0.2, -0.15) is 17.6 Å². The summed E-state index contributed by atoms with van der Waals surface area (Å²) < 4.78 is 69.9. The lowest BCUT2D eigenvalue weighted by Gasteiger charge is -2.22.